The van der Waals surface area contributed by atoms with Crippen molar-refractivity contribution in [2.24, 2.45) is 5.10 Å². The van der Waals surface area contributed by atoms with E-state index in [1.807, 2.05) is 6.92 Å². The predicted octanol–water partition coefficient (Wildman–Crippen LogP) is 2.65. The summed E-state index contributed by atoms with van der Waals surface area (Å²) in [5, 5.41) is 23.3. The lowest BCUT2D eigenvalue weighted by Crippen LogP contribution is -1.95. The fourth-order valence-electron chi connectivity index (χ4n) is 2.26. The molecule has 3 aromatic rings. The van der Waals surface area contributed by atoms with Crippen molar-refractivity contribution >= 4 is 33.6 Å². The Bertz CT molecular complexity index is 908. The van der Waals surface area contributed by atoms with E-state index in [4.69, 9.17) is 4.74 Å². The number of nitrogens with one attached hydrogen (secondary N) is 1. The first-order valence-electron chi connectivity index (χ1n) is 7.14. The second-order valence-corrected chi connectivity index (χ2v) is 6.11. The number of methoxy groups -OCH3 is 1. The fourth-order valence-corrected chi connectivity index (χ4v) is 3.31. The Morgan fingerprint density at radius 3 is 2.92 bits per heavy atom. The maximum atomic E-state index is 9.76. The van der Waals surface area contributed by atoms with Gasteiger partial charge < -0.3 is 14.9 Å². The highest BCUT2D eigenvalue weighted by atomic mass is 32.1. The van der Waals surface area contributed by atoms with Gasteiger partial charge in [-0.2, -0.15) is 5.10 Å². The molecule has 7 nitrogen and oxygen atoms in total. The third-order valence-corrected chi connectivity index (χ3v) is 4.81. The summed E-state index contributed by atoms with van der Waals surface area (Å²) in [5.41, 5.74) is 5.35. The zero-order valence-corrected chi connectivity index (χ0v) is 14.0. The predicted molar refractivity (Wildman–Crippen MR) is 94.0 cm³/mol. The van der Waals surface area contributed by atoms with Gasteiger partial charge in [0, 0.05) is 4.88 Å². The first-order valence-corrected chi connectivity index (χ1v) is 7.95. The van der Waals surface area contributed by atoms with Gasteiger partial charge in [0.1, 0.15) is 6.33 Å². The Balaban J connectivity index is 1.84. The maximum Gasteiger partial charge on any atom is 0.167 e. The van der Waals surface area contributed by atoms with E-state index in [9.17, 15) is 10.2 Å². The molecule has 3 N–H and O–H groups in total. The van der Waals surface area contributed by atoms with Crippen molar-refractivity contribution in [2.45, 2.75) is 13.5 Å². The van der Waals surface area contributed by atoms with Crippen molar-refractivity contribution < 1.29 is 14.9 Å². The lowest BCUT2D eigenvalue weighted by molar-refractivity contribution is 0.285. The van der Waals surface area contributed by atoms with Crippen LogP contribution in [0.15, 0.2) is 29.6 Å². The summed E-state index contributed by atoms with van der Waals surface area (Å²) in [6.45, 7) is 1.89. The second kappa shape index (κ2) is 6.81. The highest BCUT2D eigenvalue weighted by Gasteiger charge is 2.12. The lowest BCUT2D eigenvalue weighted by Gasteiger charge is -2.03. The first-order chi connectivity index (χ1) is 11.6. The minimum absolute atomic E-state index is 0.0271. The number of fused-ring (bicyclic) bond motifs is 1. The number of phenols is 1. The summed E-state index contributed by atoms with van der Waals surface area (Å²) >= 11 is 1.44. The normalized spacial score (nSPS) is 11.3. The van der Waals surface area contributed by atoms with Crippen LogP contribution in [0.3, 0.4) is 0 Å². The summed E-state index contributed by atoms with van der Waals surface area (Å²) in [6, 6.07) is 4.99. The van der Waals surface area contributed by atoms with Crippen molar-refractivity contribution in [1.29, 1.82) is 0 Å². The minimum Gasteiger partial charge on any atom is -0.504 e. The van der Waals surface area contributed by atoms with Gasteiger partial charge in [0.05, 0.1) is 30.1 Å². The number of aliphatic hydroxyl groups excluding tert-OH is 1. The number of hydrazone groups is 1. The Kier molecular flexibility index (Phi) is 4.59. The van der Waals surface area contributed by atoms with Crippen molar-refractivity contribution in [3.8, 4) is 11.5 Å². The Labute approximate surface area is 142 Å². The van der Waals surface area contributed by atoms with E-state index in [0.29, 0.717) is 17.1 Å². The van der Waals surface area contributed by atoms with Crippen LogP contribution in [0, 0.1) is 6.92 Å². The van der Waals surface area contributed by atoms with E-state index < -0.39 is 0 Å². The highest BCUT2D eigenvalue weighted by molar-refractivity contribution is 7.19. The van der Waals surface area contributed by atoms with E-state index in [-0.39, 0.29) is 12.4 Å². The van der Waals surface area contributed by atoms with Gasteiger partial charge in [-0.25, -0.2) is 9.97 Å². The SMILES string of the molecule is COc1ccc(C=NNc2ncnc3c(C)c(CO)sc23)cc1O. The molecule has 0 spiro atoms. The Morgan fingerprint density at radius 2 is 2.21 bits per heavy atom. The topological polar surface area (TPSA) is 99.9 Å². The highest BCUT2D eigenvalue weighted by Crippen LogP contribution is 2.33. The van der Waals surface area contributed by atoms with Gasteiger partial charge in [-0.05, 0) is 36.2 Å². The Morgan fingerprint density at radius 1 is 1.38 bits per heavy atom. The number of anilines is 1. The van der Waals surface area contributed by atoms with Crippen molar-refractivity contribution in [2.75, 3.05) is 12.5 Å². The van der Waals surface area contributed by atoms with Gasteiger partial charge in [-0.3, -0.25) is 5.43 Å². The molecule has 3 rings (SSSR count). The fraction of sp³-hybridized carbons (Fsp3) is 0.188. The van der Waals surface area contributed by atoms with Crippen LogP contribution in [0.2, 0.25) is 0 Å². The molecule has 0 aliphatic rings. The van der Waals surface area contributed by atoms with E-state index in [2.05, 4.69) is 20.5 Å². The molecule has 0 saturated carbocycles. The molecule has 0 saturated heterocycles. The van der Waals surface area contributed by atoms with Crippen LogP contribution in [-0.2, 0) is 6.61 Å². The molecule has 0 aliphatic heterocycles. The van der Waals surface area contributed by atoms with Gasteiger partial charge in [0.15, 0.2) is 17.3 Å². The molecule has 24 heavy (non-hydrogen) atoms. The summed E-state index contributed by atoms with van der Waals surface area (Å²) in [6.07, 6.45) is 3.03. The number of ether oxygens (including phenoxy) is 1. The number of nitrogens with zero attached hydrogens (tertiary/aromatic N) is 3. The summed E-state index contributed by atoms with van der Waals surface area (Å²) in [7, 11) is 1.49. The Hall–Kier alpha value is -2.71. The van der Waals surface area contributed by atoms with Crippen LogP contribution in [-0.4, -0.2) is 33.5 Å². The maximum absolute atomic E-state index is 9.76. The summed E-state index contributed by atoms with van der Waals surface area (Å²) in [5.74, 6) is 1.03. The number of aliphatic hydroxyl groups is 1. The minimum atomic E-state index is -0.0271. The number of aromatic hydroxyl groups is 1. The summed E-state index contributed by atoms with van der Waals surface area (Å²) in [4.78, 5) is 9.31. The van der Waals surface area contributed by atoms with Crippen molar-refractivity contribution in [1.82, 2.24) is 9.97 Å². The van der Waals surface area contributed by atoms with Crippen molar-refractivity contribution in [3.63, 3.8) is 0 Å². The van der Waals surface area contributed by atoms with Gasteiger partial charge in [0.2, 0.25) is 0 Å². The van der Waals surface area contributed by atoms with Gasteiger partial charge in [-0.15, -0.1) is 11.3 Å². The number of thiophene rings is 1. The largest absolute Gasteiger partial charge is 0.504 e. The molecule has 0 radical (unpaired) electrons. The number of aromatic nitrogens is 2. The van der Waals surface area contributed by atoms with Crippen LogP contribution in [0.4, 0.5) is 5.82 Å². The zero-order valence-electron chi connectivity index (χ0n) is 13.1. The molecule has 0 atom stereocenters. The molecule has 0 bridgehead atoms. The van der Waals surface area contributed by atoms with Crippen LogP contribution in [0.25, 0.3) is 10.2 Å². The molecule has 2 heterocycles. The van der Waals surface area contributed by atoms with Crippen LogP contribution >= 0.6 is 11.3 Å². The molecule has 124 valence electrons. The van der Waals surface area contributed by atoms with Crippen LogP contribution < -0.4 is 10.2 Å². The zero-order chi connectivity index (χ0) is 17.1. The van der Waals surface area contributed by atoms with Crippen LogP contribution in [0.1, 0.15) is 16.0 Å². The van der Waals surface area contributed by atoms with E-state index >= 15 is 0 Å². The molecular formula is C16H16N4O3S. The van der Waals surface area contributed by atoms with E-state index in [1.165, 1.54) is 24.8 Å². The standard InChI is InChI=1S/C16H16N4O3S/c1-9-13(7-21)24-15-14(9)17-8-18-16(15)20-19-6-10-3-4-12(23-2)11(22)5-10/h3-6,8,21-22H,7H2,1-2H3,(H,17,18,20). The van der Waals surface area contributed by atoms with Crippen molar-refractivity contribution in [3.05, 3.63) is 40.5 Å². The molecule has 0 amide bonds. The first kappa shape index (κ1) is 16.2. The third kappa shape index (κ3) is 3.01. The summed E-state index contributed by atoms with van der Waals surface area (Å²) < 4.78 is 5.84. The average Bonchev–Trinajstić information content (AvgIpc) is 2.92. The molecule has 0 fully saturated rings. The second-order valence-electron chi connectivity index (χ2n) is 5.01. The van der Waals surface area contributed by atoms with Gasteiger partial charge >= 0.3 is 0 Å². The molecule has 0 unspecified atom stereocenters. The number of hydrogen-bond donors (Lipinski definition) is 3. The molecule has 8 heteroatoms. The molecule has 0 aliphatic carbocycles. The van der Waals surface area contributed by atoms with Crippen LogP contribution in [0.5, 0.6) is 11.5 Å². The number of rotatable bonds is 5. The molecular weight excluding hydrogens is 328 g/mol. The van der Waals surface area contributed by atoms with E-state index in [0.717, 1.165) is 20.7 Å². The van der Waals surface area contributed by atoms with Gasteiger partial charge in [-0.1, -0.05) is 0 Å². The smallest absolute Gasteiger partial charge is 0.167 e. The quantitative estimate of drug-likeness (QED) is 0.486. The average molecular weight is 344 g/mol. The monoisotopic (exact) mass is 344 g/mol. The molecule has 2 aromatic heterocycles. The number of aryl methyl sites for hydroxylation is 1. The lowest BCUT2D eigenvalue weighted by atomic mass is 10.2. The molecule has 1 aromatic carbocycles. The van der Waals surface area contributed by atoms with E-state index in [1.54, 1.807) is 24.4 Å². The number of phenolic OH excluding ortho intramolecular Hbond substituents is 1. The third-order valence-electron chi connectivity index (χ3n) is 3.53. The number of hydrogen-bond acceptors (Lipinski definition) is 8. The number of benzene rings is 1. The van der Waals surface area contributed by atoms with Gasteiger partial charge in [0.25, 0.3) is 0 Å².